The minimum absolute atomic E-state index is 0.189. The van der Waals surface area contributed by atoms with Crippen LogP contribution >= 0.6 is 0 Å². The van der Waals surface area contributed by atoms with Crippen molar-refractivity contribution in [3.8, 4) is 0 Å². The maximum atomic E-state index is 12.7. The largest absolute Gasteiger partial charge is 0.444 e. The first kappa shape index (κ1) is 22.2. The lowest BCUT2D eigenvalue weighted by molar-refractivity contribution is -0.141. The number of amides is 1. The number of ether oxygens (including phenoxy) is 1. The molecule has 1 rings (SSSR count). The van der Waals surface area contributed by atoms with Crippen molar-refractivity contribution in [2.75, 3.05) is 6.61 Å². The van der Waals surface area contributed by atoms with E-state index in [9.17, 15) is 26.4 Å². The van der Waals surface area contributed by atoms with E-state index in [0.717, 1.165) is 5.56 Å². The van der Waals surface area contributed by atoms with E-state index in [-0.39, 0.29) is 4.90 Å². The molecule has 1 amide bonds. The first-order valence-corrected chi connectivity index (χ1v) is 9.11. The summed E-state index contributed by atoms with van der Waals surface area (Å²) in [5, 5.41) is 1.99. The number of benzene rings is 1. The highest BCUT2D eigenvalue weighted by Gasteiger charge is 2.34. The van der Waals surface area contributed by atoms with Gasteiger partial charge in [0.15, 0.2) is 0 Å². The van der Waals surface area contributed by atoms with Gasteiger partial charge in [-0.05, 0) is 39.8 Å². The van der Waals surface area contributed by atoms with Crippen molar-refractivity contribution in [1.29, 1.82) is 0 Å². The molecule has 0 aliphatic heterocycles. The smallest absolute Gasteiger partial charge is 0.407 e. The zero-order valence-corrected chi connectivity index (χ0v) is 15.7. The van der Waals surface area contributed by atoms with Gasteiger partial charge in [-0.1, -0.05) is 17.7 Å². The Morgan fingerprint density at radius 1 is 1.15 bits per heavy atom. The van der Waals surface area contributed by atoms with Crippen LogP contribution in [0.25, 0.3) is 0 Å². The predicted octanol–water partition coefficient (Wildman–Crippen LogP) is 3.55. The molecule has 0 bridgehead atoms. The zero-order valence-electron chi connectivity index (χ0n) is 14.9. The van der Waals surface area contributed by atoms with Crippen LogP contribution in [0.3, 0.4) is 0 Å². The quantitative estimate of drug-likeness (QED) is 0.743. The summed E-state index contributed by atoms with van der Waals surface area (Å²) < 4.78 is 71.8. The number of hydrogen-bond donors (Lipinski definition) is 1. The predicted molar refractivity (Wildman–Crippen MR) is 88.1 cm³/mol. The minimum Gasteiger partial charge on any atom is -0.444 e. The summed E-state index contributed by atoms with van der Waals surface area (Å²) >= 11 is 0. The van der Waals surface area contributed by atoms with Crippen molar-refractivity contribution < 1.29 is 35.3 Å². The Hall–Kier alpha value is -1.81. The van der Waals surface area contributed by atoms with Gasteiger partial charge in [0, 0.05) is 0 Å². The SMILES string of the molecule is Cc1ccc(S(=O)(=O)OCC(CC(F)(F)F)NC(=O)OC(C)(C)C)cc1. The lowest BCUT2D eigenvalue weighted by Gasteiger charge is -2.24. The van der Waals surface area contributed by atoms with Gasteiger partial charge in [0.05, 0.1) is 24.0 Å². The zero-order chi connectivity index (χ0) is 20.2. The Morgan fingerprint density at radius 3 is 2.15 bits per heavy atom. The molecule has 10 heteroatoms. The third-order valence-corrected chi connectivity index (χ3v) is 4.23. The average molecular weight is 397 g/mol. The van der Waals surface area contributed by atoms with Crippen LogP contribution in [0.2, 0.25) is 0 Å². The van der Waals surface area contributed by atoms with E-state index in [1.54, 1.807) is 27.7 Å². The van der Waals surface area contributed by atoms with Gasteiger partial charge < -0.3 is 10.1 Å². The number of carbonyl (C=O) groups excluding carboxylic acids is 1. The van der Waals surface area contributed by atoms with Gasteiger partial charge in [-0.2, -0.15) is 21.6 Å². The fraction of sp³-hybridized carbons (Fsp3) is 0.562. The Labute approximate surface area is 150 Å². The van der Waals surface area contributed by atoms with Crippen LogP contribution < -0.4 is 5.32 Å². The van der Waals surface area contributed by atoms with Gasteiger partial charge >= 0.3 is 12.3 Å². The number of nitrogens with one attached hydrogen (secondary N) is 1. The highest BCUT2D eigenvalue weighted by Crippen LogP contribution is 2.23. The summed E-state index contributed by atoms with van der Waals surface area (Å²) in [6.45, 7) is 5.51. The highest BCUT2D eigenvalue weighted by molar-refractivity contribution is 7.86. The number of alkyl halides is 3. The fourth-order valence-corrected chi connectivity index (χ4v) is 2.80. The first-order chi connectivity index (χ1) is 11.7. The van der Waals surface area contributed by atoms with Crippen LogP contribution in [0.4, 0.5) is 18.0 Å². The van der Waals surface area contributed by atoms with Crippen LogP contribution in [0.1, 0.15) is 32.8 Å². The third-order valence-electron chi connectivity index (χ3n) is 2.93. The summed E-state index contributed by atoms with van der Waals surface area (Å²) in [6.07, 6.45) is -7.19. The third kappa shape index (κ3) is 8.52. The second kappa shape index (κ2) is 8.26. The molecule has 0 saturated heterocycles. The molecule has 148 valence electrons. The van der Waals surface area contributed by atoms with Crippen LogP contribution in [0.15, 0.2) is 29.2 Å². The average Bonchev–Trinajstić information content (AvgIpc) is 2.41. The van der Waals surface area contributed by atoms with E-state index in [1.165, 1.54) is 24.3 Å². The fourth-order valence-electron chi connectivity index (χ4n) is 1.85. The molecule has 1 atom stereocenters. The Morgan fingerprint density at radius 2 is 1.69 bits per heavy atom. The Kier molecular flexibility index (Phi) is 7.06. The second-order valence-corrected chi connectivity index (χ2v) is 8.33. The second-order valence-electron chi connectivity index (χ2n) is 6.71. The van der Waals surface area contributed by atoms with E-state index in [1.807, 2.05) is 5.32 Å². The van der Waals surface area contributed by atoms with Crippen molar-refractivity contribution in [1.82, 2.24) is 5.32 Å². The molecule has 0 spiro atoms. The van der Waals surface area contributed by atoms with Crippen molar-refractivity contribution in [2.24, 2.45) is 0 Å². The molecule has 6 nitrogen and oxygen atoms in total. The molecule has 0 heterocycles. The first-order valence-electron chi connectivity index (χ1n) is 7.70. The number of hydrogen-bond acceptors (Lipinski definition) is 5. The van der Waals surface area contributed by atoms with Crippen LogP contribution in [0.5, 0.6) is 0 Å². The Bertz CT molecular complexity index is 709. The monoisotopic (exact) mass is 397 g/mol. The lowest BCUT2D eigenvalue weighted by atomic mass is 10.2. The number of halogens is 3. The van der Waals surface area contributed by atoms with Crippen LogP contribution in [-0.2, 0) is 19.0 Å². The molecule has 0 aliphatic carbocycles. The van der Waals surface area contributed by atoms with Crippen LogP contribution in [0, 0.1) is 6.92 Å². The van der Waals surface area contributed by atoms with E-state index >= 15 is 0 Å². The summed E-state index contributed by atoms with van der Waals surface area (Å²) in [4.78, 5) is 11.5. The number of carbonyl (C=O) groups is 1. The van der Waals surface area contributed by atoms with E-state index in [4.69, 9.17) is 8.92 Å². The van der Waals surface area contributed by atoms with Crippen molar-refractivity contribution in [3.05, 3.63) is 29.8 Å². The molecular formula is C16H22F3NO5S. The van der Waals surface area contributed by atoms with Gasteiger partial charge in [-0.25, -0.2) is 4.79 Å². The van der Waals surface area contributed by atoms with E-state index in [0.29, 0.717) is 0 Å². The standard InChI is InChI=1S/C16H22F3NO5S/c1-11-5-7-13(8-6-11)26(22,23)24-10-12(9-16(17,18)19)20-14(21)25-15(2,3)4/h5-8,12H,9-10H2,1-4H3,(H,20,21). The minimum atomic E-state index is -4.63. The normalized spacial score (nSPS) is 14.0. The van der Waals surface area contributed by atoms with E-state index < -0.39 is 47.1 Å². The topological polar surface area (TPSA) is 81.7 Å². The number of aryl methyl sites for hydroxylation is 1. The van der Waals surface area contributed by atoms with Crippen molar-refractivity contribution in [2.45, 2.75) is 56.8 Å². The van der Waals surface area contributed by atoms with Gasteiger partial charge in [-0.3, -0.25) is 4.18 Å². The van der Waals surface area contributed by atoms with Gasteiger partial charge in [-0.15, -0.1) is 0 Å². The van der Waals surface area contributed by atoms with Gasteiger partial charge in [0.25, 0.3) is 10.1 Å². The summed E-state index contributed by atoms with van der Waals surface area (Å²) in [5.74, 6) is 0. The molecule has 1 aromatic rings. The molecule has 26 heavy (non-hydrogen) atoms. The highest BCUT2D eigenvalue weighted by atomic mass is 32.2. The molecule has 0 fully saturated rings. The van der Waals surface area contributed by atoms with Crippen molar-refractivity contribution >= 4 is 16.2 Å². The number of rotatable bonds is 6. The molecular weight excluding hydrogens is 375 g/mol. The van der Waals surface area contributed by atoms with Crippen molar-refractivity contribution in [3.63, 3.8) is 0 Å². The molecule has 1 unspecified atom stereocenters. The van der Waals surface area contributed by atoms with Crippen LogP contribution in [-0.4, -0.2) is 38.9 Å². The molecule has 0 aliphatic rings. The maximum absolute atomic E-state index is 12.7. The van der Waals surface area contributed by atoms with Gasteiger partial charge in [0.1, 0.15) is 5.60 Å². The summed E-state index contributed by atoms with van der Waals surface area (Å²) in [7, 11) is -4.26. The summed E-state index contributed by atoms with van der Waals surface area (Å²) in [5.41, 5.74) is -0.104. The Balaban J connectivity index is 2.82. The number of alkyl carbamates (subject to hydrolysis) is 1. The molecule has 0 aromatic heterocycles. The molecule has 0 radical (unpaired) electrons. The van der Waals surface area contributed by atoms with Gasteiger partial charge in [0.2, 0.25) is 0 Å². The molecule has 1 aromatic carbocycles. The maximum Gasteiger partial charge on any atom is 0.407 e. The molecule has 1 N–H and O–H groups in total. The van der Waals surface area contributed by atoms with E-state index in [2.05, 4.69) is 0 Å². The summed E-state index contributed by atoms with van der Waals surface area (Å²) in [6, 6.07) is 4.00. The molecule has 0 saturated carbocycles. The lowest BCUT2D eigenvalue weighted by Crippen LogP contribution is -2.44.